The summed E-state index contributed by atoms with van der Waals surface area (Å²) in [5, 5.41) is 0. The molecule has 1 amide bonds. The van der Waals surface area contributed by atoms with Gasteiger partial charge in [0.15, 0.2) is 14.6 Å². The molecule has 2 aromatic carbocycles. The molecule has 184 valence electrons. The number of sulfonamides is 1. The minimum atomic E-state index is -3.79. The molecule has 0 atom stereocenters. The third kappa shape index (κ3) is 5.76. The van der Waals surface area contributed by atoms with E-state index in [4.69, 9.17) is 0 Å². The van der Waals surface area contributed by atoms with E-state index < -0.39 is 25.8 Å². The van der Waals surface area contributed by atoms with Gasteiger partial charge in [0.2, 0.25) is 10.0 Å². The molecule has 8 nitrogen and oxygen atoms in total. The zero-order chi connectivity index (χ0) is 25.8. The molecule has 0 N–H and O–H groups in total. The third-order valence-electron chi connectivity index (χ3n) is 5.00. The summed E-state index contributed by atoms with van der Waals surface area (Å²) in [6, 6.07) is 10.3. The number of allylic oxidation sites excluding steroid dienone is 1. The monoisotopic (exact) mass is 531 g/mol. The molecule has 0 radical (unpaired) electrons. The summed E-state index contributed by atoms with van der Waals surface area (Å²) in [5.41, 5.74) is 0.933. The zero-order valence-corrected chi connectivity index (χ0v) is 21.6. The summed E-state index contributed by atoms with van der Waals surface area (Å²) in [7, 11) is -7.18. The van der Waals surface area contributed by atoms with Gasteiger partial charge in [-0.15, -0.1) is 19.7 Å². The van der Waals surface area contributed by atoms with Gasteiger partial charge in [-0.25, -0.2) is 16.8 Å². The van der Waals surface area contributed by atoms with Crippen molar-refractivity contribution in [3.8, 4) is 0 Å². The van der Waals surface area contributed by atoms with Gasteiger partial charge in [0.05, 0.1) is 20.0 Å². The van der Waals surface area contributed by atoms with Crippen molar-refractivity contribution in [1.82, 2.24) is 8.87 Å². The van der Waals surface area contributed by atoms with Crippen molar-refractivity contribution in [3.63, 3.8) is 0 Å². The number of rotatable bonds is 10. The number of aromatic nitrogens is 1. The Labute approximate surface area is 208 Å². The van der Waals surface area contributed by atoms with Crippen LogP contribution < -0.4 is 4.80 Å². The molecule has 0 spiro atoms. The average molecular weight is 532 g/mol. The molecular weight excluding hydrogens is 506 g/mol. The van der Waals surface area contributed by atoms with Crippen LogP contribution in [0.5, 0.6) is 0 Å². The van der Waals surface area contributed by atoms with Crippen molar-refractivity contribution >= 4 is 47.3 Å². The fraction of sp³-hybridized carbons (Fsp3) is 0.167. The van der Waals surface area contributed by atoms with Crippen LogP contribution in [0.4, 0.5) is 0 Å². The van der Waals surface area contributed by atoms with Gasteiger partial charge in [-0.3, -0.25) is 4.79 Å². The first-order valence-electron chi connectivity index (χ1n) is 10.4. The summed E-state index contributed by atoms with van der Waals surface area (Å²) in [6.45, 7) is 11.5. The van der Waals surface area contributed by atoms with Crippen molar-refractivity contribution < 1.29 is 21.6 Å². The molecule has 0 saturated carbocycles. The molecule has 0 saturated heterocycles. The van der Waals surface area contributed by atoms with Gasteiger partial charge in [-0.05, 0) is 42.5 Å². The summed E-state index contributed by atoms with van der Waals surface area (Å²) in [4.78, 5) is 17.7. The molecule has 0 fully saturated rings. The predicted octanol–water partition coefficient (Wildman–Crippen LogP) is 3.40. The van der Waals surface area contributed by atoms with Crippen molar-refractivity contribution in [2.24, 2.45) is 4.99 Å². The van der Waals surface area contributed by atoms with Crippen molar-refractivity contribution in [1.29, 1.82) is 0 Å². The fourth-order valence-corrected chi connectivity index (χ4v) is 6.48. The van der Waals surface area contributed by atoms with Crippen LogP contribution in [-0.2, 0) is 26.4 Å². The van der Waals surface area contributed by atoms with Crippen LogP contribution in [0.3, 0.4) is 0 Å². The van der Waals surface area contributed by atoms with Crippen molar-refractivity contribution in [2.45, 2.75) is 16.3 Å². The van der Waals surface area contributed by atoms with E-state index in [2.05, 4.69) is 24.7 Å². The first kappa shape index (κ1) is 26.5. The molecule has 0 aliphatic carbocycles. The minimum Gasteiger partial charge on any atom is -0.312 e. The number of thiazole rings is 1. The lowest BCUT2D eigenvalue weighted by Gasteiger charge is -2.19. The highest BCUT2D eigenvalue weighted by Gasteiger charge is 2.22. The van der Waals surface area contributed by atoms with Crippen LogP contribution in [0.2, 0.25) is 0 Å². The number of carbonyl (C=O) groups is 1. The second-order valence-corrected chi connectivity index (χ2v) is 12.5. The van der Waals surface area contributed by atoms with Gasteiger partial charge in [-0.2, -0.15) is 9.30 Å². The molecule has 11 heteroatoms. The Morgan fingerprint density at radius 3 is 2.11 bits per heavy atom. The van der Waals surface area contributed by atoms with Crippen molar-refractivity contribution in [3.05, 3.63) is 90.8 Å². The van der Waals surface area contributed by atoms with Crippen LogP contribution >= 0.6 is 11.3 Å². The highest BCUT2D eigenvalue weighted by Crippen LogP contribution is 2.22. The van der Waals surface area contributed by atoms with E-state index >= 15 is 0 Å². The number of amides is 1. The lowest BCUT2D eigenvalue weighted by atomic mass is 10.2. The van der Waals surface area contributed by atoms with E-state index in [1.165, 1.54) is 58.1 Å². The van der Waals surface area contributed by atoms with Crippen LogP contribution in [0.25, 0.3) is 10.2 Å². The van der Waals surface area contributed by atoms with E-state index in [-0.39, 0.29) is 28.4 Å². The topological polar surface area (TPSA) is 106 Å². The SMILES string of the molecule is C=CCN(CC=C)S(=O)(=O)c1ccc(C(=O)N=c2sc3cc(S(C)(=O)=O)ccc3n2CC=C)cc1. The molecule has 1 aromatic heterocycles. The van der Waals surface area contributed by atoms with E-state index in [0.717, 1.165) is 11.8 Å². The summed E-state index contributed by atoms with van der Waals surface area (Å²) < 4.78 is 53.2. The van der Waals surface area contributed by atoms with Gasteiger partial charge in [0.25, 0.3) is 5.91 Å². The third-order valence-corrected chi connectivity index (χ3v) is 8.99. The van der Waals surface area contributed by atoms with E-state index in [0.29, 0.717) is 16.0 Å². The van der Waals surface area contributed by atoms with Crippen LogP contribution in [0, 0.1) is 0 Å². The molecular formula is C24H25N3O5S3. The molecule has 3 rings (SSSR count). The Bertz CT molecular complexity index is 1570. The maximum atomic E-state index is 12.9. The number of hydrogen-bond acceptors (Lipinski definition) is 6. The number of hydrogen-bond donors (Lipinski definition) is 0. The molecule has 35 heavy (non-hydrogen) atoms. The summed E-state index contributed by atoms with van der Waals surface area (Å²) in [5.74, 6) is -0.560. The maximum absolute atomic E-state index is 12.9. The minimum absolute atomic E-state index is 0.0367. The zero-order valence-electron chi connectivity index (χ0n) is 19.1. The van der Waals surface area contributed by atoms with Crippen LogP contribution in [0.1, 0.15) is 10.4 Å². The summed E-state index contributed by atoms with van der Waals surface area (Å²) in [6.07, 6.45) is 5.75. The number of nitrogens with zero attached hydrogens (tertiary/aromatic N) is 3. The molecule has 0 aliphatic rings. The fourth-order valence-electron chi connectivity index (χ4n) is 3.30. The number of fused-ring (bicyclic) bond motifs is 1. The van der Waals surface area contributed by atoms with Gasteiger partial charge in [-0.1, -0.05) is 29.6 Å². The second kappa shape index (κ2) is 10.6. The predicted molar refractivity (Wildman–Crippen MR) is 139 cm³/mol. The Balaban J connectivity index is 2.01. The average Bonchev–Trinajstić information content (AvgIpc) is 3.15. The second-order valence-electron chi connectivity index (χ2n) is 7.53. The molecule has 1 heterocycles. The number of sulfone groups is 1. The van der Waals surface area contributed by atoms with Gasteiger partial charge in [0, 0.05) is 31.5 Å². The highest BCUT2D eigenvalue weighted by molar-refractivity contribution is 7.90. The lowest BCUT2D eigenvalue weighted by Crippen LogP contribution is -2.31. The standard InChI is InChI=1S/C24H25N3O5S3/c1-5-14-26(15-6-2)35(31,32)19-10-8-18(9-11-19)23(28)25-24-27(16-7-3)21-13-12-20(34(4,29)30)17-22(21)33-24/h5-13,17H,1-3,14-16H2,4H3. The maximum Gasteiger partial charge on any atom is 0.279 e. The van der Waals surface area contributed by atoms with Gasteiger partial charge in [0.1, 0.15) is 0 Å². The number of carbonyl (C=O) groups excluding carboxylic acids is 1. The molecule has 0 unspecified atom stereocenters. The Hall–Kier alpha value is -3.12. The Morgan fingerprint density at radius 1 is 0.971 bits per heavy atom. The first-order valence-corrected chi connectivity index (χ1v) is 14.5. The Morgan fingerprint density at radius 2 is 1.57 bits per heavy atom. The van der Waals surface area contributed by atoms with Crippen LogP contribution in [-0.4, -0.2) is 51.0 Å². The first-order chi connectivity index (χ1) is 16.5. The highest BCUT2D eigenvalue weighted by atomic mass is 32.2. The van der Waals surface area contributed by atoms with Gasteiger partial charge < -0.3 is 4.57 Å². The lowest BCUT2D eigenvalue weighted by molar-refractivity contribution is 0.0997. The normalized spacial score (nSPS) is 12.7. The smallest absolute Gasteiger partial charge is 0.279 e. The van der Waals surface area contributed by atoms with Crippen LogP contribution in [0.15, 0.2) is 95.2 Å². The molecule has 0 bridgehead atoms. The number of benzene rings is 2. The van der Waals surface area contributed by atoms with E-state index in [1.54, 1.807) is 22.8 Å². The quantitative estimate of drug-likeness (QED) is 0.373. The van der Waals surface area contributed by atoms with Gasteiger partial charge >= 0.3 is 0 Å². The van der Waals surface area contributed by atoms with Crippen molar-refractivity contribution in [2.75, 3.05) is 19.3 Å². The molecule has 0 aliphatic heterocycles. The van der Waals surface area contributed by atoms with E-state index in [9.17, 15) is 21.6 Å². The van der Waals surface area contributed by atoms with E-state index in [1.807, 2.05) is 0 Å². The Kier molecular flexibility index (Phi) is 8.06. The summed E-state index contributed by atoms with van der Waals surface area (Å²) >= 11 is 1.18. The largest absolute Gasteiger partial charge is 0.312 e. The molecule has 3 aromatic rings.